The summed E-state index contributed by atoms with van der Waals surface area (Å²) in [6, 6.07) is 6.31. The van der Waals surface area contributed by atoms with Gasteiger partial charge in [-0.15, -0.1) is 0 Å². The minimum absolute atomic E-state index is 0.217. The zero-order valence-corrected chi connectivity index (χ0v) is 12.4. The third kappa shape index (κ3) is 2.69. The zero-order valence-electron chi connectivity index (χ0n) is 12.4. The number of H-pyrrole nitrogens is 1. The molecule has 4 rings (SSSR count). The number of hydrogen-bond acceptors (Lipinski definition) is 5. The van der Waals surface area contributed by atoms with Crippen molar-refractivity contribution in [3.8, 4) is 5.75 Å². The number of anilines is 1. The van der Waals surface area contributed by atoms with Gasteiger partial charge >= 0.3 is 0 Å². The van der Waals surface area contributed by atoms with E-state index in [1.807, 2.05) is 0 Å². The maximum Gasteiger partial charge on any atom is 0.162 e. The van der Waals surface area contributed by atoms with E-state index in [0.29, 0.717) is 12.4 Å². The number of aromatic nitrogens is 4. The summed E-state index contributed by atoms with van der Waals surface area (Å²) >= 11 is 0. The molecule has 0 amide bonds. The summed E-state index contributed by atoms with van der Waals surface area (Å²) < 4.78 is 18.8. The molecule has 1 saturated heterocycles. The predicted octanol–water partition coefficient (Wildman–Crippen LogP) is 2.54. The highest BCUT2D eigenvalue weighted by Crippen LogP contribution is 2.28. The Balaban J connectivity index is 1.52. The summed E-state index contributed by atoms with van der Waals surface area (Å²) in [5, 5.41) is 0. The first kappa shape index (κ1) is 13.9. The molecule has 6 nitrogen and oxygen atoms in total. The van der Waals surface area contributed by atoms with Crippen LogP contribution in [-0.4, -0.2) is 39.1 Å². The molecule has 3 aromatic rings. The van der Waals surface area contributed by atoms with Crippen LogP contribution in [0.1, 0.15) is 12.8 Å². The van der Waals surface area contributed by atoms with Crippen LogP contribution in [0.25, 0.3) is 11.2 Å². The van der Waals surface area contributed by atoms with Crippen LogP contribution in [0.3, 0.4) is 0 Å². The number of imidazole rings is 1. The topological polar surface area (TPSA) is 66.9 Å². The minimum Gasteiger partial charge on any atom is -0.491 e. The van der Waals surface area contributed by atoms with Gasteiger partial charge < -0.3 is 14.6 Å². The lowest BCUT2D eigenvalue weighted by Gasteiger charge is -2.25. The second kappa shape index (κ2) is 5.83. The quantitative estimate of drug-likeness (QED) is 0.802. The number of rotatable bonds is 4. The van der Waals surface area contributed by atoms with Gasteiger partial charge in [-0.1, -0.05) is 0 Å². The van der Waals surface area contributed by atoms with Crippen LogP contribution in [0.5, 0.6) is 5.75 Å². The third-order valence-electron chi connectivity index (χ3n) is 4.10. The number of fused-ring (bicyclic) bond motifs is 1. The Morgan fingerprint density at radius 3 is 2.96 bits per heavy atom. The Bertz CT molecular complexity index is 804. The largest absolute Gasteiger partial charge is 0.491 e. The molecular formula is C16H16FN5O. The Kier molecular flexibility index (Phi) is 3.53. The van der Waals surface area contributed by atoms with Gasteiger partial charge in [-0.2, -0.15) is 0 Å². The number of halogens is 1. The first-order valence-electron chi connectivity index (χ1n) is 7.60. The summed E-state index contributed by atoms with van der Waals surface area (Å²) in [5.74, 6) is 1.24. The molecule has 0 unspecified atom stereocenters. The number of aromatic amines is 1. The molecule has 1 aromatic carbocycles. The number of hydrogen-bond donors (Lipinski definition) is 1. The van der Waals surface area contributed by atoms with Crippen molar-refractivity contribution >= 4 is 17.0 Å². The van der Waals surface area contributed by atoms with E-state index in [-0.39, 0.29) is 11.9 Å². The van der Waals surface area contributed by atoms with Gasteiger partial charge in [-0.3, -0.25) is 0 Å². The fourth-order valence-corrected chi connectivity index (χ4v) is 2.97. The second-order valence-corrected chi connectivity index (χ2v) is 5.55. The molecule has 118 valence electrons. The smallest absolute Gasteiger partial charge is 0.162 e. The van der Waals surface area contributed by atoms with Crippen LogP contribution in [0, 0.1) is 5.82 Å². The number of benzene rings is 1. The Labute approximate surface area is 132 Å². The second-order valence-electron chi connectivity index (χ2n) is 5.55. The normalized spacial score (nSPS) is 17.8. The Hall–Kier alpha value is -2.70. The summed E-state index contributed by atoms with van der Waals surface area (Å²) in [7, 11) is 0. The molecule has 3 heterocycles. The average molecular weight is 313 g/mol. The van der Waals surface area contributed by atoms with Crippen LogP contribution in [0.4, 0.5) is 10.2 Å². The summed E-state index contributed by atoms with van der Waals surface area (Å²) in [5.41, 5.74) is 1.52. The predicted molar refractivity (Wildman–Crippen MR) is 83.9 cm³/mol. The van der Waals surface area contributed by atoms with Gasteiger partial charge in [-0.05, 0) is 37.1 Å². The van der Waals surface area contributed by atoms with E-state index in [9.17, 15) is 4.39 Å². The monoisotopic (exact) mass is 313 g/mol. The zero-order chi connectivity index (χ0) is 15.6. The molecule has 0 aliphatic carbocycles. The van der Waals surface area contributed by atoms with E-state index in [0.717, 1.165) is 36.4 Å². The van der Waals surface area contributed by atoms with Crippen LogP contribution in [0.15, 0.2) is 36.9 Å². The van der Waals surface area contributed by atoms with Crippen LogP contribution < -0.4 is 9.64 Å². The molecule has 2 aromatic heterocycles. The molecule has 0 spiro atoms. The maximum absolute atomic E-state index is 12.9. The first-order chi connectivity index (χ1) is 11.3. The molecule has 1 N–H and O–H groups in total. The molecule has 1 aliphatic heterocycles. The summed E-state index contributed by atoms with van der Waals surface area (Å²) in [6.07, 6.45) is 5.28. The highest BCUT2D eigenvalue weighted by Gasteiger charge is 2.28. The molecule has 23 heavy (non-hydrogen) atoms. The molecule has 1 atom stereocenters. The standard InChI is InChI=1S/C16H16FN5O/c17-11-3-5-13(6-4-11)23-8-12-2-1-7-22(12)16-14-15(19-9-18-14)20-10-21-16/h3-6,9-10,12H,1-2,7-8H2,(H,18,19,20,21)/t12-/m1/s1. The number of nitrogens with zero attached hydrogens (tertiary/aromatic N) is 4. The molecule has 7 heteroatoms. The lowest BCUT2D eigenvalue weighted by atomic mass is 10.2. The molecular weight excluding hydrogens is 297 g/mol. The van der Waals surface area contributed by atoms with Gasteiger partial charge in [-0.25, -0.2) is 19.3 Å². The Morgan fingerprint density at radius 1 is 1.22 bits per heavy atom. The van der Waals surface area contributed by atoms with Crippen molar-refractivity contribution in [3.05, 3.63) is 42.7 Å². The van der Waals surface area contributed by atoms with Crippen molar-refractivity contribution in [2.75, 3.05) is 18.1 Å². The van der Waals surface area contributed by atoms with Crippen LogP contribution >= 0.6 is 0 Å². The van der Waals surface area contributed by atoms with E-state index in [4.69, 9.17) is 4.74 Å². The Morgan fingerprint density at radius 2 is 2.09 bits per heavy atom. The number of nitrogens with one attached hydrogen (secondary N) is 1. The van der Waals surface area contributed by atoms with Crippen molar-refractivity contribution in [1.29, 1.82) is 0 Å². The highest BCUT2D eigenvalue weighted by molar-refractivity contribution is 5.82. The fourth-order valence-electron chi connectivity index (χ4n) is 2.97. The van der Waals surface area contributed by atoms with E-state index in [1.54, 1.807) is 24.8 Å². The first-order valence-corrected chi connectivity index (χ1v) is 7.60. The van der Waals surface area contributed by atoms with Crippen molar-refractivity contribution in [2.45, 2.75) is 18.9 Å². The molecule has 0 radical (unpaired) electrons. The molecule has 0 bridgehead atoms. The minimum atomic E-state index is -0.262. The third-order valence-corrected chi connectivity index (χ3v) is 4.10. The summed E-state index contributed by atoms with van der Waals surface area (Å²) in [6.45, 7) is 1.44. The molecule has 1 fully saturated rings. The van der Waals surface area contributed by atoms with Crippen molar-refractivity contribution in [3.63, 3.8) is 0 Å². The maximum atomic E-state index is 12.9. The van der Waals surface area contributed by atoms with E-state index in [2.05, 4.69) is 24.8 Å². The lowest BCUT2D eigenvalue weighted by Crippen LogP contribution is -2.35. The van der Waals surface area contributed by atoms with Gasteiger partial charge in [0.1, 0.15) is 30.0 Å². The lowest BCUT2D eigenvalue weighted by molar-refractivity contribution is 0.288. The van der Waals surface area contributed by atoms with Crippen LogP contribution in [0.2, 0.25) is 0 Å². The van der Waals surface area contributed by atoms with E-state index in [1.165, 1.54) is 12.1 Å². The SMILES string of the molecule is Fc1ccc(OC[C@H]2CCCN2c2ncnc3[nH]cnc23)cc1. The van der Waals surface area contributed by atoms with E-state index >= 15 is 0 Å². The average Bonchev–Trinajstić information content (AvgIpc) is 3.23. The van der Waals surface area contributed by atoms with Crippen molar-refractivity contribution in [2.24, 2.45) is 0 Å². The highest BCUT2D eigenvalue weighted by atomic mass is 19.1. The van der Waals surface area contributed by atoms with Gasteiger partial charge in [0, 0.05) is 6.54 Å². The van der Waals surface area contributed by atoms with Gasteiger partial charge in [0.15, 0.2) is 11.5 Å². The van der Waals surface area contributed by atoms with Gasteiger partial charge in [0.2, 0.25) is 0 Å². The molecule has 1 aliphatic rings. The van der Waals surface area contributed by atoms with Crippen LogP contribution in [-0.2, 0) is 0 Å². The van der Waals surface area contributed by atoms with E-state index < -0.39 is 0 Å². The van der Waals surface area contributed by atoms with Gasteiger partial charge in [0.25, 0.3) is 0 Å². The van der Waals surface area contributed by atoms with Crippen molar-refractivity contribution in [1.82, 2.24) is 19.9 Å². The molecule has 0 saturated carbocycles. The van der Waals surface area contributed by atoms with Crippen molar-refractivity contribution < 1.29 is 9.13 Å². The van der Waals surface area contributed by atoms with Gasteiger partial charge in [0.05, 0.1) is 12.4 Å². The summed E-state index contributed by atoms with van der Waals surface area (Å²) in [4.78, 5) is 18.1. The number of ether oxygens (including phenoxy) is 1. The fraction of sp³-hybridized carbons (Fsp3) is 0.312.